The van der Waals surface area contributed by atoms with Crippen LogP contribution in [-0.2, 0) is 0 Å². The summed E-state index contributed by atoms with van der Waals surface area (Å²) in [6.07, 6.45) is 2.66. The Morgan fingerprint density at radius 1 is 0.750 bits per heavy atom. The highest BCUT2D eigenvalue weighted by molar-refractivity contribution is 5.66. The minimum Gasteiger partial charge on any atom is -0.319 e. The molecule has 2 aromatic carbocycles. The van der Waals surface area contributed by atoms with Crippen LogP contribution in [0.25, 0.3) is 11.1 Å². The topological polar surface area (TPSA) is 12.0 Å². The van der Waals surface area contributed by atoms with Crippen molar-refractivity contribution >= 4 is 0 Å². The van der Waals surface area contributed by atoms with Gasteiger partial charge in [0, 0.05) is 5.56 Å². The summed E-state index contributed by atoms with van der Waals surface area (Å²) in [4.78, 5) is 0. The van der Waals surface area contributed by atoms with Gasteiger partial charge in [0.1, 0.15) is 0 Å². The Kier molecular flexibility index (Phi) is 8.87. The van der Waals surface area contributed by atoms with Crippen LogP contribution in [0, 0.1) is 52.5 Å². The molecule has 0 aliphatic carbocycles. The van der Waals surface area contributed by atoms with Crippen LogP contribution in [0.3, 0.4) is 0 Å². The van der Waals surface area contributed by atoms with Gasteiger partial charge in [-0.1, -0.05) is 20.3 Å². The Balaban J connectivity index is 0.000000416. The van der Waals surface area contributed by atoms with E-state index < -0.39 is 57.7 Å². The van der Waals surface area contributed by atoms with Gasteiger partial charge in [-0.25, -0.2) is 35.1 Å². The van der Waals surface area contributed by atoms with Crippen molar-refractivity contribution in [1.29, 1.82) is 0 Å². The zero-order chi connectivity index (χ0) is 21.6. The van der Waals surface area contributed by atoms with E-state index in [9.17, 15) is 35.1 Å². The lowest BCUT2D eigenvalue weighted by Crippen LogP contribution is -2.15. The van der Waals surface area contributed by atoms with E-state index in [1.165, 1.54) is 12.8 Å². The van der Waals surface area contributed by atoms with Gasteiger partial charge in [0.2, 0.25) is 5.82 Å². The number of nitrogens with one attached hydrogen (secondary N) is 1. The fourth-order valence-electron chi connectivity index (χ4n) is 2.50. The van der Waals surface area contributed by atoms with Gasteiger partial charge in [-0.15, -0.1) is 0 Å². The van der Waals surface area contributed by atoms with Crippen molar-refractivity contribution in [3.05, 3.63) is 58.7 Å². The van der Waals surface area contributed by atoms with E-state index in [1.54, 1.807) is 0 Å². The quantitative estimate of drug-likeness (QED) is 0.354. The minimum atomic E-state index is -2.44. The Hall–Kier alpha value is -2.16. The first-order valence-corrected chi connectivity index (χ1v) is 8.38. The lowest BCUT2D eigenvalue weighted by atomic mass is 10.0. The molecule has 0 heterocycles. The SMILES string of the molecule is CCCC(C)CNC.Fc1ccc(-c2c(F)c(F)c(F)c(F)c2F)c(F)c1F. The normalized spacial score (nSPS) is 11.8. The van der Waals surface area contributed by atoms with Crippen LogP contribution in [0.2, 0.25) is 0 Å². The highest BCUT2D eigenvalue weighted by Gasteiger charge is 2.29. The van der Waals surface area contributed by atoms with E-state index in [0.29, 0.717) is 12.1 Å². The average molecular weight is 413 g/mol. The van der Waals surface area contributed by atoms with Crippen molar-refractivity contribution in [2.75, 3.05) is 13.6 Å². The molecule has 0 saturated carbocycles. The van der Waals surface area contributed by atoms with Crippen LogP contribution in [0.15, 0.2) is 12.1 Å². The molecule has 0 amide bonds. The lowest BCUT2D eigenvalue weighted by Gasteiger charge is -2.09. The Morgan fingerprint density at radius 3 is 1.71 bits per heavy atom. The first kappa shape index (κ1) is 23.9. The number of hydrogen-bond acceptors (Lipinski definition) is 1. The second-order valence-electron chi connectivity index (χ2n) is 6.12. The molecule has 0 aliphatic heterocycles. The molecule has 1 nitrogen and oxygen atoms in total. The molecule has 1 N–H and O–H groups in total. The van der Waals surface area contributed by atoms with Crippen LogP contribution < -0.4 is 5.32 Å². The van der Waals surface area contributed by atoms with E-state index in [-0.39, 0.29) is 0 Å². The van der Waals surface area contributed by atoms with Gasteiger partial charge in [-0.2, -0.15) is 0 Å². The molecule has 0 aromatic heterocycles. The van der Waals surface area contributed by atoms with Crippen molar-refractivity contribution in [2.24, 2.45) is 5.92 Å². The number of rotatable bonds is 5. The van der Waals surface area contributed by atoms with Crippen molar-refractivity contribution < 1.29 is 35.1 Å². The molecule has 0 bridgehead atoms. The highest BCUT2D eigenvalue weighted by Crippen LogP contribution is 2.34. The Bertz CT molecular complexity index is 787. The molecule has 0 radical (unpaired) electrons. The maximum absolute atomic E-state index is 13.4. The summed E-state index contributed by atoms with van der Waals surface area (Å²) in [6, 6.07) is 0.665. The van der Waals surface area contributed by atoms with Crippen molar-refractivity contribution in [2.45, 2.75) is 26.7 Å². The van der Waals surface area contributed by atoms with E-state index in [4.69, 9.17) is 0 Å². The Labute approximate surface area is 157 Å². The third-order valence-corrected chi connectivity index (χ3v) is 3.85. The molecule has 0 aliphatic rings. The molecule has 0 spiro atoms. The summed E-state index contributed by atoms with van der Waals surface area (Å²) >= 11 is 0. The van der Waals surface area contributed by atoms with E-state index in [0.717, 1.165) is 12.5 Å². The van der Waals surface area contributed by atoms with E-state index >= 15 is 0 Å². The lowest BCUT2D eigenvalue weighted by molar-refractivity contribution is 0.380. The van der Waals surface area contributed by atoms with Crippen LogP contribution >= 0.6 is 0 Å². The molecule has 156 valence electrons. The molecule has 0 saturated heterocycles. The van der Waals surface area contributed by atoms with Crippen molar-refractivity contribution in [3.63, 3.8) is 0 Å². The molecular formula is C19H19F8N. The third-order valence-electron chi connectivity index (χ3n) is 3.85. The largest absolute Gasteiger partial charge is 0.319 e. The van der Waals surface area contributed by atoms with Crippen molar-refractivity contribution in [1.82, 2.24) is 5.32 Å². The standard InChI is InChI=1S/C12H2F8.C7H17N/c13-4-2-1-3(6(14)7(4)15)5-8(16)10(18)12(20)11(19)9(5)17;1-4-5-7(2)6-8-3/h1-2H;7-8H,4-6H2,1-3H3. The summed E-state index contributed by atoms with van der Waals surface area (Å²) in [7, 11) is 2.01. The van der Waals surface area contributed by atoms with Crippen LogP contribution in [0.1, 0.15) is 26.7 Å². The predicted octanol–water partition coefficient (Wildman–Crippen LogP) is 6.11. The van der Waals surface area contributed by atoms with Gasteiger partial charge in [0.05, 0.1) is 5.56 Å². The minimum absolute atomic E-state index is 0.297. The van der Waals surface area contributed by atoms with Gasteiger partial charge >= 0.3 is 0 Å². The number of halogens is 8. The molecule has 1 atom stereocenters. The van der Waals surface area contributed by atoms with Crippen LogP contribution in [0.4, 0.5) is 35.1 Å². The predicted molar refractivity (Wildman–Crippen MR) is 89.5 cm³/mol. The molecular weight excluding hydrogens is 394 g/mol. The van der Waals surface area contributed by atoms with Gasteiger partial charge in [-0.05, 0) is 38.1 Å². The molecule has 28 heavy (non-hydrogen) atoms. The molecule has 0 fully saturated rings. The van der Waals surface area contributed by atoms with E-state index in [2.05, 4.69) is 19.2 Å². The van der Waals surface area contributed by atoms with Gasteiger partial charge in [0.25, 0.3) is 0 Å². The highest BCUT2D eigenvalue weighted by atomic mass is 19.2. The van der Waals surface area contributed by atoms with Crippen LogP contribution in [0.5, 0.6) is 0 Å². The summed E-state index contributed by atoms with van der Waals surface area (Å²) < 4.78 is 105. The zero-order valence-electron chi connectivity index (χ0n) is 15.4. The maximum atomic E-state index is 13.4. The molecule has 2 rings (SSSR count). The molecule has 9 heteroatoms. The van der Waals surface area contributed by atoms with E-state index in [1.807, 2.05) is 7.05 Å². The fraction of sp³-hybridized carbons (Fsp3) is 0.368. The van der Waals surface area contributed by atoms with Crippen LogP contribution in [-0.4, -0.2) is 13.6 Å². The van der Waals surface area contributed by atoms with Gasteiger partial charge < -0.3 is 5.32 Å². The monoisotopic (exact) mass is 413 g/mol. The first-order chi connectivity index (χ1) is 13.1. The smallest absolute Gasteiger partial charge is 0.200 e. The summed E-state index contributed by atoms with van der Waals surface area (Å²) in [5.74, 6) is -16.7. The fourth-order valence-corrected chi connectivity index (χ4v) is 2.50. The molecule has 2 aromatic rings. The van der Waals surface area contributed by atoms with Gasteiger partial charge in [-0.3, -0.25) is 0 Å². The zero-order valence-corrected chi connectivity index (χ0v) is 15.4. The second-order valence-corrected chi connectivity index (χ2v) is 6.12. The summed E-state index contributed by atoms with van der Waals surface area (Å²) in [5.41, 5.74) is -2.95. The Morgan fingerprint density at radius 2 is 1.25 bits per heavy atom. The number of benzene rings is 2. The van der Waals surface area contributed by atoms with Crippen molar-refractivity contribution in [3.8, 4) is 11.1 Å². The molecule has 1 unspecified atom stereocenters. The average Bonchev–Trinajstić information content (AvgIpc) is 2.66. The number of hydrogen-bond donors (Lipinski definition) is 1. The summed E-state index contributed by atoms with van der Waals surface area (Å²) in [6.45, 7) is 5.67. The maximum Gasteiger partial charge on any atom is 0.200 e. The van der Waals surface area contributed by atoms with Gasteiger partial charge in [0.15, 0.2) is 40.7 Å². The first-order valence-electron chi connectivity index (χ1n) is 8.38. The second kappa shape index (κ2) is 10.4. The summed E-state index contributed by atoms with van der Waals surface area (Å²) in [5, 5.41) is 3.15. The third kappa shape index (κ3) is 5.21.